The van der Waals surface area contributed by atoms with Crippen molar-refractivity contribution >= 4 is 27.7 Å². The molecular formula is C19H13FN3O. The maximum atomic E-state index is 13.8. The van der Waals surface area contributed by atoms with Gasteiger partial charge in [0.1, 0.15) is 5.82 Å². The van der Waals surface area contributed by atoms with Gasteiger partial charge in [0.25, 0.3) is 0 Å². The fourth-order valence-corrected chi connectivity index (χ4v) is 3.08. The number of rotatable bonds is 3. The van der Waals surface area contributed by atoms with Crippen LogP contribution in [-0.4, -0.2) is 15.5 Å². The van der Waals surface area contributed by atoms with E-state index in [-0.39, 0.29) is 5.82 Å². The van der Waals surface area contributed by atoms with Crippen LogP contribution in [0.4, 0.5) is 4.39 Å². The molecule has 4 aromatic rings. The van der Waals surface area contributed by atoms with Gasteiger partial charge in [-0.2, -0.15) is 0 Å². The number of carbonyl (C=O) groups is 1. The Balaban J connectivity index is 2.08. The van der Waals surface area contributed by atoms with Crippen LogP contribution < -0.4 is 5.73 Å². The first-order valence-corrected chi connectivity index (χ1v) is 7.46. The number of primary amides is 1. The Bertz CT molecular complexity index is 1070. The van der Waals surface area contributed by atoms with Gasteiger partial charge in [0.2, 0.25) is 5.91 Å². The Morgan fingerprint density at radius 1 is 1.25 bits per heavy atom. The van der Waals surface area contributed by atoms with Gasteiger partial charge in [-0.3, -0.25) is 9.78 Å². The van der Waals surface area contributed by atoms with Crippen molar-refractivity contribution in [1.29, 1.82) is 0 Å². The quantitative estimate of drug-likeness (QED) is 0.630. The summed E-state index contributed by atoms with van der Waals surface area (Å²) in [6, 6.07) is 14.8. The third kappa shape index (κ3) is 2.22. The monoisotopic (exact) mass is 318 g/mol. The number of hydrogen-bond acceptors (Lipinski definition) is 2. The molecule has 117 valence electrons. The zero-order valence-electron chi connectivity index (χ0n) is 12.7. The molecule has 2 aromatic carbocycles. The zero-order chi connectivity index (χ0) is 16.7. The molecule has 0 aliphatic rings. The van der Waals surface area contributed by atoms with Gasteiger partial charge in [-0.25, -0.2) is 4.39 Å². The van der Waals surface area contributed by atoms with Gasteiger partial charge in [0.15, 0.2) is 0 Å². The van der Waals surface area contributed by atoms with E-state index in [9.17, 15) is 9.18 Å². The van der Waals surface area contributed by atoms with Crippen molar-refractivity contribution < 1.29 is 9.18 Å². The number of benzene rings is 2. The molecule has 2 N–H and O–H groups in total. The van der Waals surface area contributed by atoms with Crippen molar-refractivity contribution in [3.05, 3.63) is 77.9 Å². The minimum atomic E-state index is -0.515. The smallest absolute Gasteiger partial charge is 0.249 e. The summed E-state index contributed by atoms with van der Waals surface area (Å²) in [5.74, 6) is -0.892. The Hall–Kier alpha value is -3.21. The zero-order valence-corrected chi connectivity index (χ0v) is 12.7. The average molecular weight is 318 g/mol. The predicted molar refractivity (Wildman–Crippen MR) is 90.1 cm³/mol. The Kier molecular flexibility index (Phi) is 3.27. The summed E-state index contributed by atoms with van der Waals surface area (Å²) in [7, 11) is 0. The number of nitrogens with two attached hydrogens (primary N) is 1. The lowest BCUT2D eigenvalue weighted by molar-refractivity contribution is 0.100. The highest BCUT2D eigenvalue weighted by Crippen LogP contribution is 2.32. The van der Waals surface area contributed by atoms with Crippen LogP contribution in [0, 0.1) is 11.9 Å². The first-order valence-electron chi connectivity index (χ1n) is 7.46. The van der Waals surface area contributed by atoms with Gasteiger partial charge in [-0.1, -0.05) is 12.1 Å². The van der Waals surface area contributed by atoms with Crippen LogP contribution in [0.25, 0.3) is 21.8 Å². The average Bonchev–Trinajstić information content (AvgIpc) is 2.89. The van der Waals surface area contributed by atoms with Crippen molar-refractivity contribution in [3.8, 4) is 0 Å². The molecule has 0 aliphatic heterocycles. The van der Waals surface area contributed by atoms with E-state index < -0.39 is 5.91 Å². The molecule has 2 aromatic heterocycles. The fourth-order valence-electron chi connectivity index (χ4n) is 3.08. The Labute approximate surface area is 137 Å². The molecule has 24 heavy (non-hydrogen) atoms. The molecule has 0 unspecified atom stereocenters. The number of aromatic nitrogens is 2. The van der Waals surface area contributed by atoms with E-state index in [0.29, 0.717) is 28.4 Å². The standard InChI is InChI=1S/C19H13FN3O/c20-13-6-7-14-17(9-13)23(11-12-3-2-8-22-10-12)16-5-1-4-15(18(14)16)19(21)24/h1-6,8-10H,11H2,(H2,21,24). The summed E-state index contributed by atoms with van der Waals surface area (Å²) in [6.07, 6.45) is 3.46. The maximum absolute atomic E-state index is 13.8. The second-order valence-electron chi connectivity index (χ2n) is 5.59. The van der Waals surface area contributed by atoms with Crippen LogP contribution in [0.1, 0.15) is 15.9 Å². The molecule has 4 nitrogen and oxygen atoms in total. The molecule has 0 bridgehead atoms. The van der Waals surface area contributed by atoms with Gasteiger partial charge in [-0.05, 0) is 42.0 Å². The minimum absolute atomic E-state index is 0.377. The van der Waals surface area contributed by atoms with Crippen molar-refractivity contribution in [1.82, 2.24) is 9.55 Å². The third-order valence-corrected chi connectivity index (χ3v) is 4.09. The van der Waals surface area contributed by atoms with E-state index in [2.05, 4.69) is 11.1 Å². The van der Waals surface area contributed by atoms with Crippen molar-refractivity contribution in [2.24, 2.45) is 5.73 Å². The fraction of sp³-hybridized carbons (Fsp3) is 0.0526. The summed E-state index contributed by atoms with van der Waals surface area (Å²) in [6.45, 7) is 0.507. The number of hydrogen-bond donors (Lipinski definition) is 1. The Morgan fingerprint density at radius 2 is 2.12 bits per heavy atom. The summed E-state index contributed by atoms with van der Waals surface area (Å²) < 4.78 is 15.7. The number of nitrogens with zero attached hydrogens (tertiary/aromatic N) is 2. The molecule has 0 spiro atoms. The SMILES string of the molecule is NC(=O)c1cccc2c1c1[c]cc(F)cc1n2Cc1cccnc1. The van der Waals surface area contributed by atoms with E-state index in [4.69, 9.17) is 5.73 Å². The Morgan fingerprint density at radius 3 is 2.88 bits per heavy atom. The van der Waals surface area contributed by atoms with Gasteiger partial charge >= 0.3 is 0 Å². The van der Waals surface area contributed by atoms with Crippen LogP contribution in [-0.2, 0) is 6.54 Å². The van der Waals surface area contributed by atoms with Gasteiger partial charge in [-0.15, -0.1) is 0 Å². The van der Waals surface area contributed by atoms with E-state index in [1.54, 1.807) is 24.5 Å². The van der Waals surface area contributed by atoms with Crippen LogP contribution in [0.15, 0.2) is 54.9 Å². The largest absolute Gasteiger partial charge is 0.366 e. The summed E-state index contributed by atoms with van der Waals surface area (Å²) >= 11 is 0. The molecule has 4 rings (SSSR count). The number of halogens is 1. The summed E-state index contributed by atoms with van der Waals surface area (Å²) in [4.78, 5) is 15.9. The summed E-state index contributed by atoms with van der Waals surface area (Å²) in [5.41, 5.74) is 8.38. The molecule has 1 radical (unpaired) electrons. The predicted octanol–water partition coefficient (Wildman–Crippen LogP) is 3.28. The van der Waals surface area contributed by atoms with Gasteiger partial charge in [0.05, 0.1) is 11.0 Å². The number of fused-ring (bicyclic) bond motifs is 3. The highest BCUT2D eigenvalue weighted by Gasteiger charge is 2.17. The normalized spacial score (nSPS) is 11.2. The second-order valence-corrected chi connectivity index (χ2v) is 5.59. The maximum Gasteiger partial charge on any atom is 0.249 e. The molecule has 0 fully saturated rings. The molecule has 0 saturated heterocycles. The lowest BCUT2D eigenvalue weighted by Gasteiger charge is -2.07. The van der Waals surface area contributed by atoms with Crippen molar-refractivity contribution in [3.63, 3.8) is 0 Å². The van der Waals surface area contributed by atoms with E-state index >= 15 is 0 Å². The first-order chi connectivity index (χ1) is 11.6. The molecule has 2 heterocycles. The molecule has 0 aliphatic carbocycles. The second kappa shape index (κ2) is 5.45. The van der Waals surface area contributed by atoms with Crippen LogP contribution in [0.2, 0.25) is 0 Å². The van der Waals surface area contributed by atoms with Crippen molar-refractivity contribution in [2.75, 3.05) is 0 Å². The minimum Gasteiger partial charge on any atom is -0.366 e. The molecular weight excluding hydrogens is 305 g/mol. The number of carbonyl (C=O) groups excluding carboxylic acids is 1. The molecule has 5 heteroatoms. The third-order valence-electron chi connectivity index (χ3n) is 4.09. The lowest BCUT2D eigenvalue weighted by atomic mass is 10.1. The van der Waals surface area contributed by atoms with Gasteiger partial charge in [0, 0.05) is 35.3 Å². The van der Waals surface area contributed by atoms with Gasteiger partial charge < -0.3 is 10.3 Å². The van der Waals surface area contributed by atoms with E-state index in [0.717, 1.165) is 11.1 Å². The van der Waals surface area contributed by atoms with E-state index in [1.165, 1.54) is 12.1 Å². The lowest BCUT2D eigenvalue weighted by Crippen LogP contribution is -2.11. The first kappa shape index (κ1) is 14.4. The highest BCUT2D eigenvalue weighted by molar-refractivity contribution is 6.17. The molecule has 1 amide bonds. The van der Waals surface area contributed by atoms with Crippen molar-refractivity contribution in [2.45, 2.75) is 6.54 Å². The van der Waals surface area contributed by atoms with E-state index in [1.807, 2.05) is 22.8 Å². The van der Waals surface area contributed by atoms with Crippen LogP contribution in [0.5, 0.6) is 0 Å². The highest BCUT2D eigenvalue weighted by atomic mass is 19.1. The summed E-state index contributed by atoms with van der Waals surface area (Å²) in [5, 5.41) is 1.38. The van der Waals surface area contributed by atoms with Crippen LogP contribution >= 0.6 is 0 Å². The molecule has 0 saturated carbocycles. The topological polar surface area (TPSA) is 60.9 Å². The number of pyridine rings is 1. The van der Waals surface area contributed by atoms with Crippen LogP contribution in [0.3, 0.4) is 0 Å². The molecule has 0 atom stereocenters. The number of amides is 1.